The second kappa shape index (κ2) is 11.0. The van der Waals surface area contributed by atoms with Crippen molar-refractivity contribution in [2.24, 2.45) is 5.11 Å². The van der Waals surface area contributed by atoms with Gasteiger partial charge in [-0.1, -0.05) is 114 Å². The highest BCUT2D eigenvalue weighted by Gasteiger charge is 2.63. The van der Waals surface area contributed by atoms with E-state index in [9.17, 15) is 14.7 Å². The molecule has 1 heterocycles. The summed E-state index contributed by atoms with van der Waals surface area (Å²) in [6.45, 7) is -0.206. The lowest BCUT2D eigenvalue weighted by Gasteiger charge is -2.43. The summed E-state index contributed by atoms with van der Waals surface area (Å²) in [7, 11) is 1.27. The quantitative estimate of drug-likeness (QED) is 0.133. The topological polar surface area (TPSA) is 119 Å². The number of hydrogen-bond acceptors (Lipinski definition) is 5. The number of azide groups is 1. The number of aliphatic hydroxyl groups excluding tert-OH is 1. The third-order valence-corrected chi connectivity index (χ3v) is 8.25. The number of ether oxygens (including phenoxy) is 1. The summed E-state index contributed by atoms with van der Waals surface area (Å²) in [6.07, 6.45) is -1.35. The van der Waals surface area contributed by atoms with E-state index < -0.39 is 35.7 Å². The van der Waals surface area contributed by atoms with Crippen molar-refractivity contribution in [3.63, 3.8) is 0 Å². The first-order valence-electron chi connectivity index (χ1n) is 13.7. The second-order valence-electron chi connectivity index (χ2n) is 10.4. The summed E-state index contributed by atoms with van der Waals surface area (Å²) in [5.74, 6) is -0.680. The predicted molar refractivity (Wildman–Crippen MR) is 157 cm³/mol. The van der Waals surface area contributed by atoms with Crippen LogP contribution in [0.15, 0.2) is 114 Å². The molecular formula is C33H29N5O4. The summed E-state index contributed by atoms with van der Waals surface area (Å²) in [5.41, 5.74) is 13.0. The molecule has 6 rings (SSSR count). The number of aliphatic hydroxyl groups is 1. The number of rotatable bonds is 8. The van der Waals surface area contributed by atoms with E-state index in [1.165, 1.54) is 12.0 Å². The van der Waals surface area contributed by atoms with Crippen LogP contribution in [0.4, 0.5) is 4.79 Å². The minimum atomic E-state index is -1.35. The van der Waals surface area contributed by atoms with Crippen LogP contribution in [0.2, 0.25) is 0 Å². The van der Waals surface area contributed by atoms with Gasteiger partial charge in [0.05, 0.1) is 25.8 Å². The molecule has 42 heavy (non-hydrogen) atoms. The highest BCUT2D eigenvalue weighted by atomic mass is 16.5. The Morgan fingerprint density at radius 3 is 2.05 bits per heavy atom. The number of urea groups is 1. The van der Waals surface area contributed by atoms with E-state index >= 15 is 0 Å². The fourth-order valence-electron chi connectivity index (χ4n) is 6.63. The van der Waals surface area contributed by atoms with Gasteiger partial charge in [-0.3, -0.25) is 4.90 Å². The Morgan fingerprint density at radius 2 is 1.48 bits per heavy atom. The molecular weight excluding hydrogens is 530 g/mol. The Morgan fingerprint density at radius 1 is 0.929 bits per heavy atom. The molecule has 9 nitrogen and oxygen atoms in total. The normalized spacial score (nSPS) is 19.0. The molecule has 0 radical (unpaired) electrons. The van der Waals surface area contributed by atoms with Gasteiger partial charge in [0.2, 0.25) is 0 Å². The van der Waals surface area contributed by atoms with Crippen molar-refractivity contribution in [2.45, 2.75) is 30.3 Å². The van der Waals surface area contributed by atoms with Gasteiger partial charge in [0, 0.05) is 11.5 Å². The molecule has 9 heteroatoms. The number of methoxy groups -OCH3 is 1. The Bertz CT molecular complexity index is 1630. The van der Waals surface area contributed by atoms with E-state index in [0.717, 1.165) is 33.4 Å². The fourth-order valence-corrected chi connectivity index (χ4v) is 6.63. The summed E-state index contributed by atoms with van der Waals surface area (Å²) in [5, 5.41) is 15.1. The largest absolute Gasteiger partial charge is 0.467 e. The van der Waals surface area contributed by atoms with Crippen LogP contribution in [0.1, 0.15) is 22.3 Å². The van der Waals surface area contributed by atoms with Crippen LogP contribution in [-0.2, 0) is 21.6 Å². The molecule has 1 saturated heterocycles. The molecule has 4 aromatic carbocycles. The molecule has 4 aromatic rings. The molecule has 0 saturated carbocycles. The summed E-state index contributed by atoms with van der Waals surface area (Å²) >= 11 is 0. The van der Waals surface area contributed by atoms with Gasteiger partial charge in [0.1, 0.15) is 5.54 Å². The Balaban J connectivity index is 1.66. The highest BCUT2D eigenvalue weighted by Crippen LogP contribution is 2.56. The third-order valence-electron chi connectivity index (χ3n) is 8.25. The standard InChI is InChI=1S/C33H29N5O4/c1-42-31(40)30-29(28(39)20-35-36-34)37(21-22-12-4-2-5-13-22)32(41)38(30)33(23-14-6-3-7-15-23)26-18-10-8-16-24(26)25-17-9-11-19-27(25)33/h2-19,28-30,39H,20-21H2,1H3/t28-,29?,30+/m1/s1. The Kier molecular flexibility index (Phi) is 7.12. The SMILES string of the molecule is COC(=O)[C@@H]1C([C@H](O)CN=[N+]=[N-])N(Cc2ccccc2)C(=O)N1C1(c2ccccc2)c2ccccc2-c2ccccc21. The number of fused-ring (bicyclic) bond motifs is 3. The van der Waals surface area contributed by atoms with Crippen molar-refractivity contribution < 1.29 is 19.4 Å². The number of carbonyl (C=O) groups is 2. The fraction of sp³-hybridized carbons (Fsp3) is 0.212. The molecule has 2 amide bonds. The van der Waals surface area contributed by atoms with Crippen molar-refractivity contribution >= 4 is 12.0 Å². The maximum absolute atomic E-state index is 14.9. The maximum atomic E-state index is 14.9. The van der Waals surface area contributed by atoms with E-state index in [2.05, 4.69) is 10.0 Å². The van der Waals surface area contributed by atoms with Gasteiger partial charge in [-0.2, -0.15) is 0 Å². The zero-order valence-corrected chi connectivity index (χ0v) is 22.9. The van der Waals surface area contributed by atoms with Crippen molar-refractivity contribution in [1.82, 2.24) is 9.80 Å². The molecule has 1 aliphatic heterocycles. The molecule has 2 aliphatic rings. The lowest BCUT2D eigenvalue weighted by molar-refractivity contribution is -0.148. The van der Waals surface area contributed by atoms with Gasteiger partial charge in [-0.15, -0.1) is 0 Å². The van der Waals surface area contributed by atoms with Crippen LogP contribution in [0.3, 0.4) is 0 Å². The minimum Gasteiger partial charge on any atom is -0.467 e. The van der Waals surface area contributed by atoms with Crippen molar-refractivity contribution in [3.05, 3.63) is 142 Å². The number of benzene rings is 4. The lowest BCUT2D eigenvalue weighted by Crippen LogP contribution is -2.57. The minimum absolute atomic E-state index is 0.121. The van der Waals surface area contributed by atoms with Crippen molar-refractivity contribution in [2.75, 3.05) is 13.7 Å². The number of nitrogens with zero attached hydrogens (tertiary/aromatic N) is 5. The summed E-state index contributed by atoms with van der Waals surface area (Å²) in [6, 6.07) is 32.0. The van der Waals surface area contributed by atoms with Crippen LogP contribution in [0.25, 0.3) is 21.6 Å². The Labute approximate surface area is 243 Å². The van der Waals surface area contributed by atoms with E-state index in [4.69, 9.17) is 10.3 Å². The molecule has 1 fully saturated rings. The average molecular weight is 560 g/mol. The van der Waals surface area contributed by atoms with E-state index in [-0.39, 0.29) is 13.1 Å². The predicted octanol–water partition coefficient (Wildman–Crippen LogP) is 5.48. The van der Waals surface area contributed by atoms with Gasteiger partial charge in [-0.25, -0.2) is 9.59 Å². The smallest absolute Gasteiger partial charge is 0.330 e. The van der Waals surface area contributed by atoms with Gasteiger partial charge in [0.15, 0.2) is 6.04 Å². The molecule has 1 unspecified atom stereocenters. The van der Waals surface area contributed by atoms with Crippen molar-refractivity contribution in [1.29, 1.82) is 0 Å². The molecule has 210 valence electrons. The molecule has 3 atom stereocenters. The number of hydrogen-bond donors (Lipinski definition) is 1. The monoisotopic (exact) mass is 559 g/mol. The number of amides is 2. The first-order valence-corrected chi connectivity index (χ1v) is 13.7. The average Bonchev–Trinajstić information content (AvgIpc) is 3.50. The molecule has 0 aromatic heterocycles. The summed E-state index contributed by atoms with van der Waals surface area (Å²) in [4.78, 5) is 34.7. The van der Waals surface area contributed by atoms with Gasteiger partial charge < -0.3 is 14.7 Å². The lowest BCUT2D eigenvalue weighted by atomic mass is 9.78. The van der Waals surface area contributed by atoms with Crippen LogP contribution in [0.5, 0.6) is 0 Å². The van der Waals surface area contributed by atoms with Gasteiger partial charge in [0.25, 0.3) is 0 Å². The first kappa shape index (κ1) is 27.1. The van der Waals surface area contributed by atoms with Crippen LogP contribution in [0, 0.1) is 0 Å². The molecule has 0 bridgehead atoms. The molecule has 1 N–H and O–H groups in total. The zero-order valence-electron chi connectivity index (χ0n) is 22.9. The van der Waals surface area contributed by atoms with E-state index in [1.54, 1.807) is 4.90 Å². The van der Waals surface area contributed by atoms with E-state index in [1.807, 2.05) is 109 Å². The second-order valence-corrected chi connectivity index (χ2v) is 10.4. The first-order chi connectivity index (χ1) is 20.5. The van der Waals surface area contributed by atoms with Crippen LogP contribution >= 0.6 is 0 Å². The number of carbonyl (C=O) groups excluding carboxylic acids is 2. The van der Waals surface area contributed by atoms with Crippen LogP contribution in [-0.4, -0.2) is 58.7 Å². The van der Waals surface area contributed by atoms with Crippen molar-refractivity contribution in [3.8, 4) is 11.1 Å². The number of esters is 1. The van der Waals surface area contributed by atoms with Gasteiger partial charge >= 0.3 is 12.0 Å². The highest BCUT2D eigenvalue weighted by molar-refractivity contribution is 5.94. The maximum Gasteiger partial charge on any atom is 0.330 e. The van der Waals surface area contributed by atoms with E-state index in [0.29, 0.717) is 0 Å². The molecule has 0 spiro atoms. The van der Waals surface area contributed by atoms with Gasteiger partial charge in [-0.05, 0) is 38.9 Å². The summed E-state index contributed by atoms with van der Waals surface area (Å²) < 4.78 is 5.34. The third kappa shape index (κ3) is 4.10. The van der Waals surface area contributed by atoms with Crippen LogP contribution < -0.4 is 0 Å². The zero-order chi connectivity index (χ0) is 29.3. The Hall–Kier alpha value is -5.11. The molecule has 1 aliphatic carbocycles.